The van der Waals surface area contributed by atoms with Crippen LogP contribution >= 0.6 is 11.6 Å². The lowest BCUT2D eigenvalue weighted by atomic mass is 9.94. The molecule has 3 aromatic rings. The number of aromatic nitrogens is 1. The number of halogens is 1. The van der Waals surface area contributed by atoms with E-state index in [1.165, 1.54) is 12.1 Å². The van der Waals surface area contributed by atoms with Gasteiger partial charge >= 0.3 is 0 Å². The Morgan fingerprint density at radius 3 is 2.68 bits per heavy atom. The van der Waals surface area contributed by atoms with Crippen molar-refractivity contribution >= 4 is 43.7 Å². The molecule has 2 aliphatic rings. The molecule has 2 aromatic carbocycles. The van der Waals surface area contributed by atoms with Crippen molar-refractivity contribution in [1.82, 2.24) is 4.98 Å². The highest BCUT2D eigenvalue weighted by molar-refractivity contribution is 7.91. The van der Waals surface area contributed by atoms with Gasteiger partial charge in [-0.15, -0.1) is 0 Å². The number of nitrogens with zero attached hydrogens (tertiary/aromatic N) is 1. The molecule has 144 valence electrons. The van der Waals surface area contributed by atoms with E-state index < -0.39 is 15.4 Å². The monoisotopic (exact) mass is 415 g/mol. The van der Waals surface area contributed by atoms with Gasteiger partial charge in [0, 0.05) is 25.0 Å². The first-order valence-electron chi connectivity index (χ1n) is 9.19. The lowest BCUT2D eigenvalue weighted by Gasteiger charge is -2.38. The van der Waals surface area contributed by atoms with Gasteiger partial charge in [-0.2, -0.15) is 0 Å². The molecule has 3 heterocycles. The van der Waals surface area contributed by atoms with Crippen molar-refractivity contribution in [2.75, 3.05) is 29.9 Å². The molecule has 0 saturated carbocycles. The third-order valence-corrected chi connectivity index (χ3v) is 7.77. The Morgan fingerprint density at radius 1 is 1.11 bits per heavy atom. The molecule has 0 radical (unpaired) electrons. The zero-order chi connectivity index (χ0) is 19.5. The van der Waals surface area contributed by atoms with Gasteiger partial charge in [-0.3, -0.25) is 4.79 Å². The zero-order valence-corrected chi connectivity index (χ0v) is 16.5. The van der Waals surface area contributed by atoms with E-state index in [4.69, 9.17) is 11.6 Å². The summed E-state index contributed by atoms with van der Waals surface area (Å²) in [6, 6.07) is 9.77. The van der Waals surface area contributed by atoms with Gasteiger partial charge in [0.1, 0.15) is 0 Å². The molecule has 8 heteroatoms. The Hall–Kier alpha value is -2.51. The normalized spacial score (nSPS) is 16.0. The third-order valence-electron chi connectivity index (χ3n) is 5.46. The lowest BCUT2D eigenvalue weighted by molar-refractivity contribution is 0.595. The van der Waals surface area contributed by atoms with Crippen molar-refractivity contribution in [3.05, 3.63) is 57.3 Å². The van der Waals surface area contributed by atoms with Crippen LogP contribution < -0.4 is 15.8 Å². The van der Waals surface area contributed by atoms with E-state index in [-0.39, 0.29) is 14.8 Å². The fraction of sp³-hybridized carbons (Fsp3) is 0.250. The summed E-state index contributed by atoms with van der Waals surface area (Å²) in [5.41, 5.74) is 2.89. The van der Waals surface area contributed by atoms with E-state index in [0.717, 1.165) is 49.4 Å². The predicted octanol–water partition coefficient (Wildman–Crippen LogP) is 3.19. The highest BCUT2D eigenvalue weighted by Crippen LogP contribution is 2.44. The van der Waals surface area contributed by atoms with Crippen molar-refractivity contribution in [3.63, 3.8) is 0 Å². The number of benzene rings is 2. The van der Waals surface area contributed by atoms with Crippen LogP contribution in [0.1, 0.15) is 12.0 Å². The number of aryl methyl sites for hydroxylation is 1. The topological polar surface area (TPSA) is 82.3 Å². The van der Waals surface area contributed by atoms with Crippen LogP contribution in [0.2, 0.25) is 5.02 Å². The average Bonchev–Trinajstić information content (AvgIpc) is 2.68. The van der Waals surface area contributed by atoms with Crippen molar-refractivity contribution in [1.29, 1.82) is 0 Å². The quantitative estimate of drug-likeness (QED) is 0.671. The number of pyridine rings is 1. The fourth-order valence-corrected chi connectivity index (χ4v) is 6.27. The first-order chi connectivity index (χ1) is 13.5. The predicted molar refractivity (Wildman–Crippen MR) is 110 cm³/mol. The molecule has 5 rings (SSSR count). The summed E-state index contributed by atoms with van der Waals surface area (Å²) in [6.45, 7) is 2.68. The van der Waals surface area contributed by atoms with Crippen LogP contribution in [-0.2, 0) is 16.3 Å². The second-order valence-corrected chi connectivity index (χ2v) is 9.37. The Labute approximate surface area is 167 Å². The molecule has 0 fully saturated rings. The lowest BCUT2D eigenvalue weighted by Crippen LogP contribution is -2.38. The molecule has 0 amide bonds. The summed E-state index contributed by atoms with van der Waals surface area (Å²) in [5, 5.41) is 4.01. The average molecular weight is 416 g/mol. The van der Waals surface area contributed by atoms with Crippen LogP contribution in [0.25, 0.3) is 10.9 Å². The second kappa shape index (κ2) is 6.25. The molecule has 1 aromatic heterocycles. The number of H-pyrrole nitrogens is 1. The summed E-state index contributed by atoms with van der Waals surface area (Å²) in [7, 11) is -4.04. The van der Waals surface area contributed by atoms with Crippen LogP contribution in [0.4, 0.5) is 11.4 Å². The van der Waals surface area contributed by atoms with Crippen LogP contribution in [0.15, 0.2) is 51.0 Å². The summed E-state index contributed by atoms with van der Waals surface area (Å²) < 4.78 is 26.3. The highest BCUT2D eigenvalue weighted by Gasteiger charge is 2.31. The standard InChI is InChI=1S/C20H18ClN3O3S/c21-17-16-13-7-4-9-24-10-8-22-15(18(13)24)11-14(16)23-20(25)19(17)28(26,27)12-5-2-1-3-6-12/h1-3,5-6,11,22H,4,7-10H2,(H,23,25). The Balaban J connectivity index is 1.86. The van der Waals surface area contributed by atoms with Crippen molar-refractivity contribution < 1.29 is 8.42 Å². The van der Waals surface area contributed by atoms with Crippen LogP contribution in [0, 0.1) is 0 Å². The molecular formula is C20H18ClN3O3S. The molecule has 0 aliphatic carbocycles. The molecule has 0 atom stereocenters. The minimum absolute atomic E-state index is 0.00725. The smallest absolute Gasteiger partial charge is 0.269 e. The van der Waals surface area contributed by atoms with Crippen molar-refractivity contribution in [2.24, 2.45) is 0 Å². The van der Waals surface area contributed by atoms with E-state index in [9.17, 15) is 13.2 Å². The van der Waals surface area contributed by atoms with Crippen LogP contribution in [-0.4, -0.2) is 33.0 Å². The van der Waals surface area contributed by atoms with Crippen LogP contribution in [0.3, 0.4) is 0 Å². The number of hydrogen-bond donors (Lipinski definition) is 2. The first-order valence-corrected chi connectivity index (χ1v) is 11.0. The van der Waals surface area contributed by atoms with E-state index >= 15 is 0 Å². The van der Waals surface area contributed by atoms with Gasteiger partial charge in [0.2, 0.25) is 9.84 Å². The maximum atomic E-state index is 13.2. The van der Waals surface area contributed by atoms with Gasteiger partial charge in [-0.25, -0.2) is 8.42 Å². The summed E-state index contributed by atoms with van der Waals surface area (Å²) in [5.74, 6) is 0. The molecule has 2 aliphatic heterocycles. The van der Waals surface area contributed by atoms with Gasteiger partial charge in [0.15, 0.2) is 4.90 Å². The van der Waals surface area contributed by atoms with Gasteiger partial charge in [0.25, 0.3) is 5.56 Å². The number of nitrogens with one attached hydrogen (secondary N) is 2. The number of aromatic amines is 1. The maximum absolute atomic E-state index is 13.2. The third kappa shape index (κ3) is 2.46. The maximum Gasteiger partial charge on any atom is 0.269 e. The van der Waals surface area contributed by atoms with Crippen LogP contribution in [0.5, 0.6) is 0 Å². The van der Waals surface area contributed by atoms with E-state index in [0.29, 0.717) is 10.9 Å². The molecule has 0 bridgehead atoms. The van der Waals surface area contributed by atoms with E-state index in [1.807, 2.05) is 6.07 Å². The Bertz CT molecular complexity index is 1270. The molecule has 2 N–H and O–H groups in total. The van der Waals surface area contributed by atoms with Gasteiger partial charge in [-0.05, 0) is 36.6 Å². The second-order valence-electron chi connectivity index (χ2n) is 7.10. The molecule has 6 nitrogen and oxygen atoms in total. The van der Waals surface area contributed by atoms with Crippen molar-refractivity contribution in [2.45, 2.75) is 22.6 Å². The largest absolute Gasteiger partial charge is 0.382 e. The first kappa shape index (κ1) is 17.6. The highest BCUT2D eigenvalue weighted by atomic mass is 35.5. The van der Waals surface area contributed by atoms with Gasteiger partial charge in [-0.1, -0.05) is 29.8 Å². The summed E-state index contributed by atoms with van der Waals surface area (Å²) >= 11 is 6.64. The van der Waals surface area contributed by atoms with Crippen molar-refractivity contribution in [3.8, 4) is 0 Å². The molecule has 28 heavy (non-hydrogen) atoms. The summed E-state index contributed by atoms with van der Waals surface area (Å²) in [6.07, 6.45) is 1.75. The molecule has 0 saturated heterocycles. The van der Waals surface area contributed by atoms with E-state index in [2.05, 4.69) is 15.2 Å². The molecule has 0 spiro atoms. The van der Waals surface area contributed by atoms with Gasteiger partial charge in [0.05, 0.1) is 26.8 Å². The number of fused-ring (bicyclic) bond motifs is 2. The number of hydrogen-bond acceptors (Lipinski definition) is 5. The number of anilines is 2. The number of rotatable bonds is 2. The molecule has 0 unspecified atom stereocenters. The zero-order valence-electron chi connectivity index (χ0n) is 15.0. The number of sulfone groups is 1. The van der Waals surface area contributed by atoms with Gasteiger partial charge < -0.3 is 15.2 Å². The van der Waals surface area contributed by atoms with E-state index in [1.54, 1.807) is 18.2 Å². The Kier molecular flexibility index (Phi) is 3.93. The fourth-order valence-electron chi connectivity index (χ4n) is 4.27. The SMILES string of the molecule is O=c1[nH]c2cc3c4c(c2c(Cl)c1S(=O)(=O)c1ccccc1)CCCN4CCN3. The Morgan fingerprint density at radius 2 is 1.89 bits per heavy atom. The molecular weight excluding hydrogens is 398 g/mol. The summed E-state index contributed by atoms with van der Waals surface area (Å²) in [4.78, 5) is 17.5. The minimum atomic E-state index is -4.04. The minimum Gasteiger partial charge on any atom is -0.382 e.